The van der Waals surface area contributed by atoms with Gasteiger partial charge in [0.15, 0.2) is 6.10 Å². The molecule has 1 unspecified atom stereocenters. The standard InChI is InChI=1S/C18H27N3O5S/c1-6-7-8-20(4)17(22)11-21(5)27(24,25)16-10-15-14(9-12(16)2)19-18(23)13(3)26-15/h9-10,13H,6-8,11H2,1-5H3,(H,19,23). The Hall–Kier alpha value is -2.13. The number of hydrogen-bond donors (Lipinski definition) is 1. The van der Waals surface area contributed by atoms with E-state index in [1.165, 1.54) is 18.0 Å². The number of hydrogen-bond acceptors (Lipinski definition) is 5. The zero-order chi connectivity index (χ0) is 20.4. The molecule has 0 saturated carbocycles. The van der Waals surface area contributed by atoms with Gasteiger partial charge in [-0.15, -0.1) is 0 Å². The Morgan fingerprint density at radius 3 is 2.59 bits per heavy atom. The molecule has 1 atom stereocenters. The largest absolute Gasteiger partial charge is 0.479 e. The number of carbonyl (C=O) groups is 2. The number of benzene rings is 1. The highest BCUT2D eigenvalue weighted by atomic mass is 32.2. The van der Waals surface area contributed by atoms with Crippen LogP contribution in [0.1, 0.15) is 32.3 Å². The van der Waals surface area contributed by atoms with Crippen LogP contribution < -0.4 is 10.1 Å². The van der Waals surface area contributed by atoms with Crippen LogP contribution in [0.4, 0.5) is 5.69 Å². The first-order valence-corrected chi connectivity index (χ1v) is 10.3. The number of amides is 2. The van der Waals surface area contributed by atoms with Crippen LogP contribution in [0.5, 0.6) is 5.75 Å². The first-order valence-electron chi connectivity index (χ1n) is 8.90. The molecular formula is C18H27N3O5S. The Bertz CT molecular complexity index is 838. The third kappa shape index (κ3) is 4.59. The van der Waals surface area contributed by atoms with Gasteiger partial charge in [-0.25, -0.2) is 8.42 Å². The van der Waals surface area contributed by atoms with E-state index in [1.54, 1.807) is 27.0 Å². The minimum absolute atomic E-state index is 0.0520. The van der Waals surface area contributed by atoms with Crippen LogP contribution in [0.3, 0.4) is 0 Å². The Balaban J connectivity index is 2.24. The second-order valence-electron chi connectivity index (χ2n) is 6.79. The first kappa shape index (κ1) is 21.2. The normalized spacial score (nSPS) is 16.5. The van der Waals surface area contributed by atoms with Crippen molar-refractivity contribution >= 4 is 27.5 Å². The van der Waals surface area contributed by atoms with E-state index >= 15 is 0 Å². The van der Waals surface area contributed by atoms with E-state index in [-0.39, 0.29) is 23.3 Å². The number of likely N-dealkylation sites (N-methyl/N-ethyl adjacent to an activating group) is 2. The number of unbranched alkanes of at least 4 members (excludes halogenated alkanes) is 1. The number of fused-ring (bicyclic) bond motifs is 1. The molecule has 150 valence electrons. The van der Waals surface area contributed by atoms with Crippen LogP contribution in [0.2, 0.25) is 0 Å². The number of nitrogens with one attached hydrogen (secondary N) is 1. The predicted octanol–water partition coefficient (Wildman–Crippen LogP) is 1.59. The maximum atomic E-state index is 13.0. The van der Waals surface area contributed by atoms with Crippen LogP contribution >= 0.6 is 0 Å². The van der Waals surface area contributed by atoms with E-state index in [4.69, 9.17) is 4.74 Å². The topological polar surface area (TPSA) is 96.0 Å². The van der Waals surface area contributed by atoms with Crippen LogP contribution in [-0.2, 0) is 19.6 Å². The third-order valence-electron chi connectivity index (χ3n) is 4.53. The summed E-state index contributed by atoms with van der Waals surface area (Å²) in [6.45, 7) is 5.60. The lowest BCUT2D eigenvalue weighted by Crippen LogP contribution is -2.40. The molecule has 0 fully saturated rings. The van der Waals surface area contributed by atoms with Gasteiger partial charge in [-0.1, -0.05) is 13.3 Å². The highest BCUT2D eigenvalue weighted by Crippen LogP contribution is 2.35. The van der Waals surface area contributed by atoms with Crippen molar-refractivity contribution in [2.45, 2.75) is 44.6 Å². The molecule has 1 heterocycles. The smallest absolute Gasteiger partial charge is 0.265 e. The molecule has 27 heavy (non-hydrogen) atoms. The maximum Gasteiger partial charge on any atom is 0.265 e. The van der Waals surface area contributed by atoms with Gasteiger partial charge in [0.05, 0.1) is 17.1 Å². The third-order valence-corrected chi connectivity index (χ3v) is 6.47. The Labute approximate surface area is 160 Å². The van der Waals surface area contributed by atoms with Gasteiger partial charge < -0.3 is 15.0 Å². The lowest BCUT2D eigenvalue weighted by molar-refractivity contribution is -0.130. The zero-order valence-electron chi connectivity index (χ0n) is 16.4. The number of sulfonamides is 1. The highest BCUT2D eigenvalue weighted by molar-refractivity contribution is 7.89. The Kier molecular flexibility index (Phi) is 6.48. The van der Waals surface area contributed by atoms with Crippen molar-refractivity contribution in [3.63, 3.8) is 0 Å². The number of anilines is 1. The summed E-state index contributed by atoms with van der Waals surface area (Å²) in [7, 11) is -0.843. The summed E-state index contributed by atoms with van der Waals surface area (Å²) in [5.74, 6) is -0.247. The summed E-state index contributed by atoms with van der Waals surface area (Å²) < 4.78 is 32.5. The summed E-state index contributed by atoms with van der Waals surface area (Å²) in [5, 5.41) is 2.69. The number of rotatable bonds is 7. The average Bonchev–Trinajstić information content (AvgIpc) is 2.60. The zero-order valence-corrected chi connectivity index (χ0v) is 17.2. The molecule has 1 aromatic rings. The van der Waals surface area contributed by atoms with Crippen LogP contribution in [0.25, 0.3) is 0 Å². The van der Waals surface area contributed by atoms with Gasteiger partial charge in [0, 0.05) is 26.7 Å². The van der Waals surface area contributed by atoms with Crippen molar-refractivity contribution in [3.8, 4) is 5.75 Å². The van der Waals surface area contributed by atoms with E-state index in [9.17, 15) is 18.0 Å². The maximum absolute atomic E-state index is 13.0. The van der Waals surface area contributed by atoms with E-state index in [0.29, 0.717) is 23.5 Å². The molecule has 0 bridgehead atoms. The molecule has 9 heteroatoms. The molecule has 0 spiro atoms. The van der Waals surface area contributed by atoms with Gasteiger partial charge in [-0.2, -0.15) is 4.31 Å². The van der Waals surface area contributed by atoms with Gasteiger partial charge in [-0.3, -0.25) is 9.59 Å². The summed E-state index contributed by atoms with van der Waals surface area (Å²) in [5.41, 5.74) is 0.901. The van der Waals surface area contributed by atoms with E-state index in [2.05, 4.69) is 5.32 Å². The van der Waals surface area contributed by atoms with E-state index in [0.717, 1.165) is 17.1 Å². The van der Waals surface area contributed by atoms with Crippen LogP contribution in [-0.4, -0.2) is 62.7 Å². The molecule has 0 aliphatic carbocycles. The average molecular weight is 397 g/mol. The SMILES string of the molecule is CCCCN(C)C(=O)CN(C)S(=O)(=O)c1cc2c(cc1C)NC(=O)C(C)O2. The number of ether oxygens (including phenoxy) is 1. The predicted molar refractivity (Wildman–Crippen MR) is 102 cm³/mol. The molecule has 1 N–H and O–H groups in total. The fourth-order valence-electron chi connectivity index (χ4n) is 2.70. The van der Waals surface area contributed by atoms with Gasteiger partial charge in [0.2, 0.25) is 15.9 Å². The van der Waals surface area contributed by atoms with Crippen molar-refractivity contribution < 1.29 is 22.7 Å². The quantitative estimate of drug-likeness (QED) is 0.754. The second-order valence-corrected chi connectivity index (χ2v) is 8.81. The number of aryl methyl sites for hydroxylation is 1. The Morgan fingerprint density at radius 1 is 1.30 bits per heavy atom. The van der Waals surface area contributed by atoms with Crippen molar-refractivity contribution in [2.24, 2.45) is 0 Å². The fourth-order valence-corrected chi connectivity index (χ4v) is 4.04. The molecule has 1 aromatic carbocycles. The summed E-state index contributed by atoms with van der Waals surface area (Å²) >= 11 is 0. The lowest BCUT2D eigenvalue weighted by atomic mass is 10.1. The minimum atomic E-state index is -3.89. The van der Waals surface area contributed by atoms with E-state index in [1.807, 2.05) is 6.92 Å². The van der Waals surface area contributed by atoms with E-state index < -0.39 is 16.1 Å². The molecule has 1 aliphatic rings. The van der Waals surface area contributed by atoms with Gasteiger partial charge in [-0.05, 0) is 31.9 Å². The monoisotopic (exact) mass is 397 g/mol. The molecule has 0 radical (unpaired) electrons. The molecule has 0 saturated heterocycles. The highest BCUT2D eigenvalue weighted by Gasteiger charge is 2.30. The summed E-state index contributed by atoms with van der Waals surface area (Å²) in [6, 6.07) is 2.97. The fraction of sp³-hybridized carbons (Fsp3) is 0.556. The molecular weight excluding hydrogens is 370 g/mol. The van der Waals surface area contributed by atoms with Crippen LogP contribution in [0, 0.1) is 6.92 Å². The first-order chi connectivity index (χ1) is 12.6. The van der Waals surface area contributed by atoms with Crippen molar-refractivity contribution in [2.75, 3.05) is 32.5 Å². The molecule has 0 aromatic heterocycles. The summed E-state index contributed by atoms with van der Waals surface area (Å²) in [4.78, 5) is 25.6. The van der Waals surface area contributed by atoms with Crippen molar-refractivity contribution in [3.05, 3.63) is 17.7 Å². The van der Waals surface area contributed by atoms with Gasteiger partial charge in [0.25, 0.3) is 5.91 Å². The molecule has 2 amide bonds. The van der Waals surface area contributed by atoms with Gasteiger partial charge >= 0.3 is 0 Å². The Morgan fingerprint density at radius 2 is 1.96 bits per heavy atom. The number of nitrogens with zero attached hydrogens (tertiary/aromatic N) is 2. The van der Waals surface area contributed by atoms with Gasteiger partial charge in [0.1, 0.15) is 5.75 Å². The second kappa shape index (κ2) is 8.26. The van der Waals surface area contributed by atoms with Crippen molar-refractivity contribution in [1.29, 1.82) is 0 Å². The molecule has 2 rings (SSSR count). The number of carbonyl (C=O) groups excluding carboxylic acids is 2. The molecule has 1 aliphatic heterocycles. The minimum Gasteiger partial charge on any atom is -0.479 e. The van der Waals surface area contributed by atoms with Crippen LogP contribution in [0.15, 0.2) is 17.0 Å². The summed E-state index contributed by atoms with van der Waals surface area (Å²) in [6.07, 6.45) is 1.11. The lowest BCUT2D eigenvalue weighted by Gasteiger charge is -2.26. The van der Waals surface area contributed by atoms with Crippen molar-refractivity contribution in [1.82, 2.24) is 9.21 Å². The molecule has 8 nitrogen and oxygen atoms in total.